The van der Waals surface area contributed by atoms with E-state index in [4.69, 9.17) is 15.3 Å². The maximum atomic E-state index is 12.2. The van der Waals surface area contributed by atoms with Crippen molar-refractivity contribution in [3.8, 4) is 0 Å². The molecule has 0 saturated heterocycles. The van der Waals surface area contributed by atoms with E-state index >= 15 is 0 Å². The molecule has 0 aliphatic carbocycles. The molecular formula is C15H18N2O7. The Labute approximate surface area is 137 Å². The first-order valence-corrected chi connectivity index (χ1v) is 7.03. The van der Waals surface area contributed by atoms with Gasteiger partial charge in [0.1, 0.15) is 6.04 Å². The molecule has 0 aliphatic rings. The van der Waals surface area contributed by atoms with Gasteiger partial charge in [-0.3, -0.25) is 19.7 Å². The van der Waals surface area contributed by atoms with E-state index in [0.29, 0.717) is 0 Å². The van der Waals surface area contributed by atoms with Gasteiger partial charge in [-0.2, -0.15) is 0 Å². The number of rotatable bonds is 10. The Morgan fingerprint density at radius 2 is 1.54 bits per heavy atom. The van der Waals surface area contributed by atoms with E-state index in [2.05, 4.69) is 10.6 Å². The summed E-state index contributed by atoms with van der Waals surface area (Å²) in [7, 11) is 0. The Bertz CT molecular complexity index is 603. The van der Waals surface area contributed by atoms with Crippen molar-refractivity contribution in [2.45, 2.75) is 24.9 Å². The molecule has 0 heterocycles. The van der Waals surface area contributed by atoms with Crippen LogP contribution in [-0.2, 0) is 25.6 Å². The van der Waals surface area contributed by atoms with Crippen LogP contribution in [-0.4, -0.2) is 57.8 Å². The predicted molar refractivity (Wildman–Crippen MR) is 81.4 cm³/mol. The van der Waals surface area contributed by atoms with Crippen molar-refractivity contribution in [2.75, 3.05) is 6.54 Å². The van der Waals surface area contributed by atoms with Gasteiger partial charge in [0, 0.05) is 0 Å². The van der Waals surface area contributed by atoms with Crippen molar-refractivity contribution < 1.29 is 34.5 Å². The minimum absolute atomic E-state index is 0.124. The lowest BCUT2D eigenvalue weighted by atomic mass is 10.0. The molecule has 5 N–H and O–H groups in total. The van der Waals surface area contributed by atoms with Crippen LogP contribution in [0.25, 0.3) is 0 Å². The van der Waals surface area contributed by atoms with Crippen LogP contribution in [0.4, 0.5) is 0 Å². The molecule has 0 aromatic heterocycles. The summed E-state index contributed by atoms with van der Waals surface area (Å²) in [6.07, 6.45) is -0.655. The first-order valence-electron chi connectivity index (χ1n) is 7.03. The fourth-order valence-electron chi connectivity index (χ4n) is 1.96. The summed E-state index contributed by atoms with van der Waals surface area (Å²) >= 11 is 0. The zero-order chi connectivity index (χ0) is 18.1. The molecule has 130 valence electrons. The third-order valence-electron chi connectivity index (χ3n) is 3.09. The molecule has 1 rings (SSSR count). The number of carboxylic acids is 3. The Morgan fingerprint density at radius 3 is 2.04 bits per heavy atom. The summed E-state index contributed by atoms with van der Waals surface area (Å²) in [5, 5.41) is 31.0. The van der Waals surface area contributed by atoms with Crippen LogP contribution in [0.5, 0.6) is 0 Å². The van der Waals surface area contributed by atoms with Gasteiger partial charge in [-0.1, -0.05) is 30.3 Å². The molecule has 1 aromatic rings. The fourth-order valence-corrected chi connectivity index (χ4v) is 1.96. The molecule has 0 spiro atoms. The van der Waals surface area contributed by atoms with Gasteiger partial charge in [0.25, 0.3) is 0 Å². The highest BCUT2D eigenvalue weighted by atomic mass is 16.4. The lowest BCUT2D eigenvalue weighted by molar-refractivity contribution is -0.147. The first kappa shape index (κ1) is 19.1. The number of hydrogen-bond donors (Lipinski definition) is 5. The first-order chi connectivity index (χ1) is 11.3. The Hall–Kier alpha value is -2.94. The second-order valence-corrected chi connectivity index (χ2v) is 5.01. The average molecular weight is 338 g/mol. The smallest absolute Gasteiger partial charge is 0.326 e. The highest BCUT2D eigenvalue weighted by Gasteiger charge is 2.27. The molecule has 0 fully saturated rings. The number of carbonyl (C=O) groups is 4. The fraction of sp³-hybridized carbons (Fsp3) is 0.333. The van der Waals surface area contributed by atoms with Crippen LogP contribution in [0, 0.1) is 0 Å². The summed E-state index contributed by atoms with van der Waals surface area (Å²) in [5.41, 5.74) is 0.737. The summed E-state index contributed by atoms with van der Waals surface area (Å²) in [6, 6.07) is 6.11. The molecule has 0 bridgehead atoms. The molecule has 0 aliphatic heterocycles. The van der Waals surface area contributed by atoms with Crippen LogP contribution in [0.2, 0.25) is 0 Å². The van der Waals surface area contributed by atoms with Crippen molar-refractivity contribution in [1.82, 2.24) is 10.6 Å². The Kier molecular flexibility index (Phi) is 7.37. The van der Waals surface area contributed by atoms with Crippen molar-refractivity contribution in [3.05, 3.63) is 35.9 Å². The van der Waals surface area contributed by atoms with E-state index in [1.54, 1.807) is 30.3 Å². The zero-order valence-electron chi connectivity index (χ0n) is 12.6. The topological polar surface area (TPSA) is 153 Å². The average Bonchev–Trinajstić information content (AvgIpc) is 2.50. The lowest BCUT2D eigenvalue weighted by Gasteiger charge is -2.20. The third-order valence-corrected chi connectivity index (χ3v) is 3.09. The number of aliphatic carboxylic acids is 3. The molecule has 24 heavy (non-hydrogen) atoms. The standard InChI is InChI=1S/C15H18N2O7/c18-12(19)7-11(15(23)24)17-14(22)10(16-8-13(20)21)6-9-4-2-1-3-5-9/h1-5,10-11,16H,6-8H2,(H,17,22)(H,18,19)(H,20,21)(H,23,24)/t10-,11-/m0/s1. The van der Waals surface area contributed by atoms with E-state index in [-0.39, 0.29) is 6.42 Å². The summed E-state index contributed by atoms with van der Waals surface area (Å²) < 4.78 is 0. The number of nitrogens with one attached hydrogen (secondary N) is 2. The van der Waals surface area contributed by atoms with Gasteiger partial charge in [0.2, 0.25) is 5.91 Å². The molecular weight excluding hydrogens is 320 g/mol. The zero-order valence-corrected chi connectivity index (χ0v) is 12.6. The van der Waals surface area contributed by atoms with Crippen molar-refractivity contribution in [3.63, 3.8) is 0 Å². The van der Waals surface area contributed by atoms with Gasteiger partial charge in [-0.25, -0.2) is 4.79 Å². The van der Waals surface area contributed by atoms with Gasteiger partial charge in [-0.05, 0) is 12.0 Å². The van der Waals surface area contributed by atoms with E-state index in [1.807, 2.05) is 0 Å². The number of carbonyl (C=O) groups excluding carboxylic acids is 1. The normalized spacial score (nSPS) is 12.8. The van der Waals surface area contributed by atoms with Crippen molar-refractivity contribution >= 4 is 23.8 Å². The van der Waals surface area contributed by atoms with E-state index < -0.39 is 48.9 Å². The second-order valence-electron chi connectivity index (χ2n) is 5.01. The molecule has 2 atom stereocenters. The largest absolute Gasteiger partial charge is 0.481 e. The molecule has 1 amide bonds. The maximum Gasteiger partial charge on any atom is 0.326 e. The Morgan fingerprint density at radius 1 is 0.917 bits per heavy atom. The van der Waals surface area contributed by atoms with Crippen LogP contribution in [0.15, 0.2) is 30.3 Å². The summed E-state index contributed by atoms with van der Waals surface area (Å²) in [4.78, 5) is 44.6. The van der Waals surface area contributed by atoms with Crippen molar-refractivity contribution in [2.24, 2.45) is 0 Å². The molecule has 0 saturated carbocycles. The van der Waals surface area contributed by atoms with Gasteiger partial charge in [0.15, 0.2) is 0 Å². The molecule has 0 radical (unpaired) electrons. The van der Waals surface area contributed by atoms with Gasteiger partial charge < -0.3 is 20.6 Å². The van der Waals surface area contributed by atoms with Gasteiger partial charge in [-0.15, -0.1) is 0 Å². The number of hydrogen-bond acceptors (Lipinski definition) is 5. The number of carboxylic acid groups (broad SMARTS) is 3. The molecule has 9 nitrogen and oxygen atoms in total. The molecule has 1 aromatic carbocycles. The monoisotopic (exact) mass is 338 g/mol. The Balaban J connectivity index is 2.83. The maximum absolute atomic E-state index is 12.2. The molecule has 0 unspecified atom stereocenters. The quantitative estimate of drug-likeness (QED) is 0.376. The van der Waals surface area contributed by atoms with Crippen LogP contribution in [0.1, 0.15) is 12.0 Å². The van der Waals surface area contributed by atoms with Crippen molar-refractivity contribution in [1.29, 1.82) is 0 Å². The van der Waals surface area contributed by atoms with Gasteiger partial charge >= 0.3 is 17.9 Å². The minimum atomic E-state index is -1.60. The highest BCUT2D eigenvalue weighted by Crippen LogP contribution is 2.04. The second kappa shape index (κ2) is 9.26. The molecule has 9 heteroatoms. The lowest BCUT2D eigenvalue weighted by Crippen LogP contribution is -2.52. The van der Waals surface area contributed by atoms with E-state index in [0.717, 1.165) is 5.56 Å². The van der Waals surface area contributed by atoms with Crippen LogP contribution in [0.3, 0.4) is 0 Å². The minimum Gasteiger partial charge on any atom is -0.481 e. The summed E-state index contributed by atoms with van der Waals surface area (Å²) in [6.45, 7) is -0.498. The third kappa shape index (κ3) is 6.88. The highest BCUT2D eigenvalue weighted by molar-refractivity contribution is 5.89. The SMILES string of the molecule is O=C(O)CN[C@@H](Cc1ccccc1)C(=O)N[C@@H](CC(=O)O)C(=O)O. The van der Waals surface area contributed by atoms with Crippen LogP contribution < -0.4 is 10.6 Å². The summed E-state index contributed by atoms with van der Waals surface area (Å²) in [5.74, 6) is -4.82. The van der Waals surface area contributed by atoms with Crippen LogP contribution >= 0.6 is 0 Å². The number of benzene rings is 1. The van der Waals surface area contributed by atoms with E-state index in [9.17, 15) is 19.2 Å². The number of amides is 1. The predicted octanol–water partition coefficient (Wildman–Crippen LogP) is -0.684. The van der Waals surface area contributed by atoms with E-state index in [1.165, 1.54) is 0 Å². The van der Waals surface area contributed by atoms with Gasteiger partial charge in [0.05, 0.1) is 19.0 Å².